The van der Waals surface area contributed by atoms with Gasteiger partial charge in [-0.2, -0.15) is 18.3 Å². The molecular formula is C29H28ClF3N8O2. The van der Waals surface area contributed by atoms with Crippen LogP contribution in [-0.2, 0) is 11.8 Å². The molecule has 4 N–H and O–H groups in total. The van der Waals surface area contributed by atoms with Crippen molar-refractivity contribution in [2.24, 2.45) is 18.7 Å². The second kappa shape index (κ2) is 11.9. The molecule has 4 heterocycles. The van der Waals surface area contributed by atoms with Crippen LogP contribution in [0, 0.1) is 5.92 Å². The van der Waals surface area contributed by atoms with Gasteiger partial charge in [-0.05, 0) is 48.7 Å². The molecule has 0 spiro atoms. The van der Waals surface area contributed by atoms with Crippen LogP contribution in [0.15, 0.2) is 71.8 Å². The standard InChI is InChI=1S/C29H28ClF3N8O2/c1-16-4-3-5-24(17-8-9-35-22(10-17)27-23(39-28(16)43)13-38-40(27)2)41-15-37-21(12-26(41)42)19-11-18(30)6-7-20(19)36-14-25(34)29(31,32)33/h6-16,24,36H,3-5,34H2,1-2H3,(H,39,43)/b25-14-. The molecule has 1 aliphatic heterocycles. The van der Waals surface area contributed by atoms with Crippen LogP contribution >= 0.6 is 11.6 Å². The summed E-state index contributed by atoms with van der Waals surface area (Å²) in [7, 11) is 1.76. The summed E-state index contributed by atoms with van der Waals surface area (Å²) in [5.74, 6) is -0.422. The molecule has 0 saturated heterocycles. The van der Waals surface area contributed by atoms with Gasteiger partial charge in [0.25, 0.3) is 5.56 Å². The number of rotatable bonds is 4. The highest BCUT2D eigenvalue weighted by Crippen LogP contribution is 2.33. The van der Waals surface area contributed by atoms with Gasteiger partial charge in [0.05, 0.1) is 35.6 Å². The number of pyridine rings is 1. The number of nitrogens with two attached hydrogens (primary N) is 1. The number of benzene rings is 1. The van der Waals surface area contributed by atoms with Crippen molar-refractivity contribution in [1.29, 1.82) is 0 Å². The number of nitrogens with zero attached hydrogens (tertiary/aromatic N) is 5. The molecule has 3 aromatic heterocycles. The topological polar surface area (TPSA) is 133 Å². The molecule has 0 fully saturated rings. The van der Waals surface area contributed by atoms with Gasteiger partial charge in [0, 0.05) is 47.7 Å². The molecule has 4 aromatic rings. The van der Waals surface area contributed by atoms with Crippen LogP contribution in [0.4, 0.5) is 24.5 Å². The van der Waals surface area contributed by atoms with Crippen LogP contribution < -0.4 is 21.9 Å². The van der Waals surface area contributed by atoms with Crippen molar-refractivity contribution >= 4 is 28.9 Å². The highest BCUT2D eigenvalue weighted by Gasteiger charge is 2.31. The van der Waals surface area contributed by atoms with E-state index in [1.165, 1.54) is 35.2 Å². The average molecular weight is 613 g/mol. The van der Waals surface area contributed by atoms with E-state index >= 15 is 0 Å². The summed E-state index contributed by atoms with van der Waals surface area (Å²) < 4.78 is 41.9. The summed E-state index contributed by atoms with van der Waals surface area (Å²) in [5, 5.41) is 10.1. The number of aryl methyl sites for hydroxylation is 1. The number of allylic oxidation sites excluding steroid dienone is 1. The molecule has 2 atom stereocenters. The molecule has 0 aliphatic carbocycles. The summed E-state index contributed by atoms with van der Waals surface area (Å²) in [5.41, 5.74) is 6.73. The molecule has 224 valence electrons. The predicted molar refractivity (Wildman–Crippen MR) is 157 cm³/mol. The van der Waals surface area contributed by atoms with Gasteiger partial charge < -0.3 is 16.4 Å². The van der Waals surface area contributed by atoms with Gasteiger partial charge in [-0.15, -0.1) is 0 Å². The lowest BCUT2D eigenvalue weighted by atomic mass is 9.95. The molecule has 1 aliphatic rings. The van der Waals surface area contributed by atoms with Gasteiger partial charge >= 0.3 is 6.18 Å². The number of halogens is 4. The minimum atomic E-state index is -4.71. The minimum Gasteiger partial charge on any atom is -0.394 e. The summed E-state index contributed by atoms with van der Waals surface area (Å²) in [6, 6.07) is 9.02. The maximum atomic E-state index is 13.6. The lowest BCUT2D eigenvalue weighted by Gasteiger charge is -2.23. The van der Waals surface area contributed by atoms with Crippen molar-refractivity contribution in [3.8, 4) is 22.6 Å². The third kappa shape index (κ3) is 6.41. The molecule has 2 bridgehead atoms. The largest absolute Gasteiger partial charge is 0.432 e. The molecule has 14 heteroatoms. The van der Waals surface area contributed by atoms with Gasteiger partial charge in [-0.25, -0.2) is 4.98 Å². The monoisotopic (exact) mass is 612 g/mol. The Morgan fingerprint density at radius 3 is 2.67 bits per heavy atom. The number of nitrogens with one attached hydrogen (secondary N) is 2. The third-order valence-corrected chi connectivity index (χ3v) is 7.55. The maximum Gasteiger partial charge on any atom is 0.432 e. The molecule has 2 unspecified atom stereocenters. The lowest BCUT2D eigenvalue weighted by molar-refractivity contribution is -0.119. The van der Waals surface area contributed by atoms with Crippen LogP contribution in [0.3, 0.4) is 0 Å². The molecule has 0 radical (unpaired) electrons. The van der Waals surface area contributed by atoms with Crippen molar-refractivity contribution in [2.75, 3.05) is 10.6 Å². The van der Waals surface area contributed by atoms with Crippen LogP contribution in [0.1, 0.15) is 37.8 Å². The number of amides is 1. The second-order valence-corrected chi connectivity index (χ2v) is 10.7. The first-order valence-electron chi connectivity index (χ1n) is 13.4. The molecule has 43 heavy (non-hydrogen) atoms. The Morgan fingerprint density at radius 1 is 1.14 bits per heavy atom. The van der Waals surface area contributed by atoms with Crippen molar-refractivity contribution in [1.82, 2.24) is 24.3 Å². The molecule has 0 saturated carbocycles. The van der Waals surface area contributed by atoms with E-state index in [4.69, 9.17) is 17.3 Å². The van der Waals surface area contributed by atoms with E-state index in [2.05, 4.69) is 25.7 Å². The van der Waals surface area contributed by atoms with Gasteiger partial charge in [0.2, 0.25) is 5.91 Å². The molecule has 10 nitrogen and oxygen atoms in total. The number of alkyl halides is 3. The van der Waals surface area contributed by atoms with E-state index in [0.717, 1.165) is 5.56 Å². The SMILES string of the molecule is CC1CCCC(n2cnc(-c3cc(Cl)ccc3N/C=C(\N)C(F)(F)F)cc2=O)c2ccnc(c2)-c2c(cnn2C)NC1=O. The van der Waals surface area contributed by atoms with E-state index in [1.807, 2.05) is 19.1 Å². The zero-order valence-electron chi connectivity index (χ0n) is 23.2. The van der Waals surface area contributed by atoms with E-state index in [0.29, 0.717) is 53.1 Å². The Morgan fingerprint density at radius 2 is 1.93 bits per heavy atom. The molecule has 5 rings (SSSR count). The fourth-order valence-corrected chi connectivity index (χ4v) is 5.14. The Kier molecular flexibility index (Phi) is 8.27. The number of carbonyl (C=O) groups excluding carboxylic acids is 1. The Labute approximate surface area is 249 Å². The number of aromatic nitrogens is 5. The first kappa shape index (κ1) is 29.8. The summed E-state index contributed by atoms with van der Waals surface area (Å²) in [4.78, 5) is 35.5. The fraction of sp³-hybridized carbons (Fsp3) is 0.276. The summed E-state index contributed by atoms with van der Waals surface area (Å²) in [6.45, 7) is 1.85. The fourth-order valence-electron chi connectivity index (χ4n) is 4.97. The van der Waals surface area contributed by atoms with Crippen molar-refractivity contribution < 1.29 is 18.0 Å². The zero-order chi connectivity index (χ0) is 30.9. The normalized spacial score (nSPS) is 17.8. The number of carbonyl (C=O) groups is 1. The Hall–Kier alpha value is -4.65. The van der Waals surface area contributed by atoms with E-state index in [1.54, 1.807) is 24.1 Å². The van der Waals surface area contributed by atoms with E-state index in [-0.39, 0.29) is 28.8 Å². The summed E-state index contributed by atoms with van der Waals surface area (Å²) in [6.07, 6.45) is 2.31. The second-order valence-electron chi connectivity index (χ2n) is 10.3. The predicted octanol–water partition coefficient (Wildman–Crippen LogP) is 5.48. The van der Waals surface area contributed by atoms with Crippen molar-refractivity contribution in [2.45, 2.75) is 38.4 Å². The number of fused-ring (bicyclic) bond motifs is 4. The number of anilines is 2. The van der Waals surface area contributed by atoms with Gasteiger partial charge in [0.1, 0.15) is 11.4 Å². The highest BCUT2D eigenvalue weighted by molar-refractivity contribution is 6.31. The lowest BCUT2D eigenvalue weighted by Crippen LogP contribution is -2.26. The maximum absolute atomic E-state index is 13.6. The Bertz CT molecular complexity index is 1770. The first-order valence-corrected chi connectivity index (χ1v) is 13.8. The van der Waals surface area contributed by atoms with Crippen molar-refractivity contribution in [3.05, 3.63) is 88.0 Å². The van der Waals surface area contributed by atoms with E-state index < -0.39 is 17.9 Å². The summed E-state index contributed by atoms with van der Waals surface area (Å²) >= 11 is 6.18. The highest BCUT2D eigenvalue weighted by atomic mass is 35.5. The minimum absolute atomic E-state index is 0.136. The van der Waals surface area contributed by atoms with Gasteiger partial charge in [-0.1, -0.05) is 24.9 Å². The average Bonchev–Trinajstić information content (AvgIpc) is 3.33. The molecule has 1 aromatic carbocycles. The third-order valence-electron chi connectivity index (χ3n) is 7.31. The van der Waals surface area contributed by atoms with Gasteiger partial charge in [-0.3, -0.25) is 23.8 Å². The molecule has 1 amide bonds. The van der Waals surface area contributed by atoms with Crippen molar-refractivity contribution in [3.63, 3.8) is 0 Å². The van der Waals surface area contributed by atoms with Crippen LogP contribution in [0.5, 0.6) is 0 Å². The molecular weight excluding hydrogens is 585 g/mol. The number of hydrogen-bond donors (Lipinski definition) is 3. The van der Waals surface area contributed by atoms with Crippen LogP contribution in [0.25, 0.3) is 22.6 Å². The van der Waals surface area contributed by atoms with Crippen LogP contribution in [-0.4, -0.2) is 36.4 Å². The van der Waals surface area contributed by atoms with Gasteiger partial charge in [0.15, 0.2) is 0 Å². The smallest absolute Gasteiger partial charge is 0.394 e. The quantitative estimate of drug-likeness (QED) is 0.278. The first-order chi connectivity index (χ1) is 20.4. The van der Waals surface area contributed by atoms with Crippen LogP contribution in [0.2, 0.25) is 5.02 Å². The Balaban J connectivity index is 1.55. The zero-order valence-corrected chi connectivity index (χ0v) is 23.9. The van der Waals surface area contributed by atoms with E-state index in [9.17, 15) is 22.8 Å². The number of hydrogen-bond acceptors (Lipinski definition) is 7.